The molecular formula is C40H33N11O3. The molecule has 2 saturated carbocycles. The van der Waals surface area contributed by atoms with Crippen LogP contribution in [-0.4, -0.2) is 59.4 Å². The Balaban J connectivity index is 0.000000157. The first-order chi connectivity index (χ1) is 26.3. The van der Waals surface area contributed by atoms with Crippen molar-refractivity contribution in [2.24, 2.45) is 0 Å². The summed E-state index contributed by atoms with van der Waals surface area (Å²) >= 11 is 0. The Morgan fingerprint density at radius 2 is 1.28 bits per heavy atom. The molecule has 0 bridgehead atoms. The highest BCUT2D eigenvalue weighted by molar-refractivity contribution is 6.15. The number of carbonyl (C=O) groups is 3. The van der Waals surface area contributed by atoms with Crippen LogP contribution in [0.15, 0.2) is 78.6 Å². The zero-order valence-corrected chi connectivity index (χ0v) is 29.0. The number of hydrogen-bond acceptors (Lipinski definition) is 11. The zero-order valence-electron chi connectivity index (χ0n) is 29.0. The largest absolute Gasteiger partial charge is 0.367 e. The maximum Gasteiger partial charge on any atom is 0.254 e. The third-order valence-corrected chi connectivity index (χ3v) is 9.20. The molecule has 2 aromatic carbocycles. The summed E-state index contributed by atoms with van der Waals surface area (Å²) in [6, 6.07) is 24.1. The van der Waals surface area contributed by atoms with Gasteiger partial charge in [0.05, 0.1) is 59.0 Å². The van der Waals surface area contributed by atoms with E-state index in [0.29, 0.717) is 64.0 Å². The molecule has 3 N–H and O–H groups in total. The van der Waals surface area contributed by atoms with Crippen molar-refractivity contribution in [3.63, 3.8) is 0 Å². The predicted molar refractivity (Wildman–Crippen MR) is 198 cm³/mol. The monoisotopic (exact) mass is 715 g/mol. The van der Waals surface area contributed by atoms with Gasteiger partial charge in [-0.3, -0.25) is 19.7 Å². The summed E-state index contributed by atoms with van der Waals surface area (Å²) < 4.78 is 3.41. The predicted octanol–water partition coefficient (Wildman–Crippen LogP) is 4.77. The summed E-state index contributed by atoms with van der Waals surface area (Å²) in [7, 11) is 0. The lowest BCUT2D eigenvalue weighted by Gasteiger charge is -2.10. The van der Waals surface area contributed by atoms with E-state index in [1.54, 1.807) is 33.4 Å². The van der Waals surface area contributed by atoms with Gasteiger partial charge in [-0.15, -0.1) is 0 Å². The van der Waals surface area contributed by atoms with Gasteiger partial charge in [0, 0.05) is 48.2 Å². The Hall–Kier alpha value is -7.19. The molecule has 0 spiro atoms. The normalized spacial score (nSPS) is 15.7. The van der Waals surface area contributed by atoms with Crippen LogP contribution in [0.2, 0.25) is 0 Å². The second kappa shape index (κ2) is 14.4. The summed E-state index contributed by atoms with van der Waals surface area (Å²) in [5.41, 5.74) is 7.63. The standard InChI is InChI=1S/C22H18N6O2.C18H15N5O/c23-11-14-3-1-2-13(6-14)7-18-10-19(25-17-4-5-17)28-21(26-18)16(12-24-28)8-15-9-20(29)27-22(15)30;19-9-13-3-1-2-12(6-13)7-16-8-17(21-15-4-5-15)23-18(22-16)14(11-24)10-20-23/h1-3,6,8,10,12,17,25H,4-5,7,9H2,(H,27,29,30);1-3,6,8,10-11,15,21H,4-5,7H2/b15-8+;. The lowest BCUT2D eigenvalue weighted by atomic mass is 10.1. The average molecular weight is 716 g/mol. The minimum Gasteiger partial charge on any atom is -0.367 e. The number of aldehydes is 1. The number of fused-ring (bicyclic) bond motifs is 2. The van der Waals surface area contributed by atoms with Crippen LogP contribution in [0, 0.1) is 22.7 Å². The number of amides is 2. The van der Waals surface area contributed by atoms with Crippen molar-refractivity contribution in [3.8, 4) is 12.1 Å². The number of aromatic nitrogens is 6. The fourth-order valence-electron chi connectivity index (χ4n) is 6.23. The molecule has 9 rings (SSSR count). The topological polar surface area (TPSA) is 195 Å². The molecule has 1 saturated heterocycles. The van der Waals surface area contributed by atoms with E-state index < -0.39 is 0 Å². The molecule has 14 nitrogen and oxygen atoms in total. The van der Waals surface area contributed by atoms with Crippen LogP contribution in [0.4, 0.5) is 11.6 Å². The Morgan fingerprint density at radius 3 is 1.74 bits per heavy atom. The van der Waals surface area contributed by atoms with Gasteiger partial charge in [0.15, 0.2) is 17.6 Å². The first-order valence-electron chi connectivity index (χ1n) is 17.6. The smallest absolute Gasteiger partial charge is 0.254 e. The number of benzene rings is 2. The van der Waals surface area contributed by atoms with Crippen LogP contribution in [0.5, 0.6) is 0 Å². The number of hydrogen-bond donors (Lipinski definition) is 3. The molecule has 0 unspecified atom stereocenters. The van der Waals surface area contributed by atoms with Gasteiger partial charge in [-0.25, -0.2) is 9.97 Å². The molecular weight excluding hydrogens is 683 g/mol. The molecule has 2 amide bonds. The van der Waals surface area contributed by atoms with Crippen LogP contribution in [0.25, 0.3) is 17.4 Å². The van der Waals surface area contributed by atoms with Crippen molar-refractivity contribution in [1.29, 1.82) is 10.5 Å². The summed E-state index contributed by atoms with van der Waals surface area (Å²) in [6.45, 7) is 0. The van der Waals surface area contributed by atoms with Crippen molar-refractivity contribution in [1.82, 2.24) is 34.5 Å². The molecule has 266 valence electrons. The van der Waals surface area contributed by atoms with Crippen LogP contribution >= 0.6 is 0 Å². The summed E-state index contributed by atoms with van der Waals surface area (Å²) in [5.74, 6) is 1.01. The number of imide groups is 1. The Kier molecular flexibility index (Phi) is 9.07. The minimum absolute atomic E-state index is 0.0595. The van der Waals surface area contributed by atoms with Gasteiger partial charge < -0.3 is 10.6 Å². The van der Waals surface area contributed by atoms with Gasteiger partial charge in [-0.05, 0) is 67.2 Å². The molecule has 0 radical (unpaired) electrons. The van der Waals surface area contributed by atoms with E-state index in [1.807, 2.05) is 48.5 Å². The molecule has 4 aromatic heterocycles. The summed E-state index contributed by atoms with van der Waals surface area (Å²) in [5, 5.41) is 36.1. The molecule has 0 atom stereocenters. The van der Waals surface area contributed by atoms with Gasteiger partial charge in [0.2, 0.25) is 5.91 Å². The lowest BCUT2D eigenvalue weighted by molar-refractivity contribution is -0.124. The number of anilines is 2. The summed E-state index contributed by atoms with van der Waals surface area (Å²) in [6.07, 6.45) is 11.4. The first-order valence-corrected chi connectivity index (χ1v) is 17.6. The van der Waals surface area contributed by atoms with Crippen LogP contribution in [-0.2, 0) is 22.4 Å². The number of carbonyl (C=O) groups excluding carboxylic acids is 3. The number of nitrogens with zero attached hydrogens (tertiary/aromatic N) is 8. The minimum atomic E-state index is -0.375. The summed E-state index contributed by atoms with van der Waals surface area (Å²) in [4.78, 5) is 44.1. The maximum absolute atomic E-state index is 11.9. The molecule has 1 aliphatic heterocycles. The Labute approximate surface area is 309 Å². The van der Waals surface area contributed by atoms with Gasteiger partial charge in [-0.2, -0.15) is 29.8 Å². The SMILES string of the molecule is N#Cc1cccc(Cc2cc(NC3CC3)n3ncc(/C=C4\CC(=O)NC4=O)c3n2)c1.N#Cc1cccc(Cc2cc(NC3CC3)n3ncc(C=O)c3n2)c1. The number of rotatable bonds is 10. The van der Waals surface area contributed by atoms with E-state index in [4.69, 9.17) is 15.5 Å². The van der Waals surface area contributed by atoms with Crippen molar-refractivity contribution in [3.05, 3.63) is 123 Å². The highest BCUT2D eigenvalue weighted by Gasteiger charge is 2.26. The van der Waals surface area contributed by atoms with Gasteiger partial charge in [-0.1, -0.05) is 24.3 Å². The second-order valence-electron chi connectivity index (χ2n) is 13.6. The van der Waals surface area contributed by atoms with Gasteiger partial charge in [0.25, 0.3) is 5.91 Å². The molecule has 3 fully saturated rings. The molecule has 6 aromatic rings. The van der Waals surface area contributed by atoms with Crippen molar-refractivity contribution in [2.75, 3.05) is 10.6 Å². The van der Waals surface area contributed by atoms with Gasteiger partial charge >= 0.3 is 0 Å². The lowest BCUT2D eigenvalue weighted by Crippen LogP contribution is -2.19. The maximum atomic E-state index is 11.9. The van der Waals surface area contributed by atoms with Crippen LogP contribution in [0.3, 0.4) is 0 Å². The second-order valence-corrected chi connectivity index (χ2v) is 13.6. The quantitative estimate of drug-likeness (QED) is 0.100. The number of nitrogens with one attached hydrogen (secondary N) is 3. The van der Waals surface area contributed by atoms with E-state index in [-0.39, 0.29) is 18.2 Å². The van der Waals surface area contributed by atoms with Gasteiger partial charge in [0.1, 0.15) is 11.6 Å². The number of nitriles is 2. The van der Waals surface area contributed by atoms with Crippen molar-refractivity contribution >= 4 is 47.1 Å². The highest BCUT2D eigenvalue weighted by atomic mass is 16.2. The third kappa shape index (κ3) is 7.54. The van der Waals surface area contributed by atoms with E-state index in [9.17, 15) is 14.4 Å². The fraction of sp³-hybridized carbons (Fsp3) is 0.225. The Morgan fingerprint density at radius 1 is 0.759 bits per heavy atom. The molecule has 3 aliphatic rings. The molecule has 54 heavy (non-hydrogen) atoms. The third-order valence-electron chi connectivity index (χ3n) is 9.20. The average Bonchev–Trinajstić information content (AvgIpc) is 4.07. The molecule has 5 heterocycles. The van der Waals surface area contributed by atoms with E-state index in [2.05, 4.69) is 43.3 Å². The molecule has 14 heteroatoms. The van der Waals surface area contributed by atoms with Crippen LogP contribution < -0.4 is 16.0 Å². The van der Waals surface area contributed by atoms with E-state index in [1.165, 1.54) is 6.20 Å². The van der Waals surface area contributed by atoms with Crippen molar-refractivity contribution in [2.45, 2.75) is 57.0 Å². The van der Waals surface area contributed by atoms with Crippen LogP contribution in [0.1, 0.15) is 81.7 Å². The Bertz CT molecular complexity index is 2580. The van der Waals surface area contributed by atoms with E-state index in [0.717, 1.165) is 66.1 Å². The molecule has 2 aliphatic carbocycles. The van der Waals surface area contributed by atoms with Crippen molar-refractivity contribution < 1.29 is 14.4 Å². The first kappa shape index (κ1) is 33.9. The highest BCUT2D eigenvalue weighted by Crippen LogP contribution is 2.28. The van der Waals surface area contributed by atoms with E-state index >= 15 is 0 Å². The zero-order chi connectivity index (χ0) is 37.2. The fourth-order valence-corrected chi connectivity index (χ4v) is 6.23.